The molecule has 0 atom stereocenters. The van der Waals surface area contributed by atoms with Crippen molar-refractivity contribution in [3.05, 3.63) is 121 Å². The molecule has 0 radical (unpaired) electrons. The molecule has 0 bridgehead atoms. The van der Waals surface area contributed by atoms with Crippen LogP contribution in [-0.4, -0.2) is 18.3 Å². The number of anilines is 3. The topological polar surface area (TPSA) is 34.8 Å². The van der Waals surface area contributed by atoms with E-state index in [1.807, 2.05) is 24.3 Å². The highest BCUT2D eigenvalue weighted by atomic mass is 16.7. The molecule has 0 N–H and O–H groups in total. The Balaban J connectivity index is 1.35. The minimum absolute atomic E-state index is 0.388. The van der Waals surface area contributed by atoms with E-state index in [0.29, 0.717) is 0 Å². The number of benzene rings is 5. The Labute approximate surface area is 241 Å². The van der Waals surface area contributed by atoms with Crippen LogP contribution in [0.2, 0.25) is 0 Å². The summed E-state index contributed by atoms with van der Waals surface area (Å²) in [6, 6.07) is 42.2. The molecule has 1 aliphatic heterocycles. The Kier molecular flexibility index (Phi) is 6.04. The van der Waals surface area contributed by atoms with Crippen molar-refractivity contribution in [2.75, 3.05) is 4.90 Å². The summed E-state index contributed by atoms with van der Waals surface area (Å²) in [5.74, 6) is 0. The first-order valence-electron chi connectivity index (χ1n) is 14.1. The van der Waals surface area contributed by atoms with Crippen molar-refractivity contribution in [3.63, 3.8) is 0 Å². The Bertz CT molecular complexity index is 1820. The van der Waals surface area contributed by atoms with E-state index in [1.54, 1.807) is 0 Å². The molecule has 7 rings (SSSR count). The van der Waals surface area contributed by atoms with Gasteiger partial charge in [0.25, 0.3) is 0 Å². The molecule has 5 heteroatoms. The fourth-order valence-corrected chi connectivity index (χ4v) is 5.56. The third kappa shape index (κ3) is 4.42. The molecular weight excluding hydrogens is 505 g/mol. The van der Waals surface area contributed by atoms with Crippen LogP contribution in [0.3, 0.4) is 0 Å². The minimum atomic E-state index is -0.408. The zero-order valence-electron chi connectivity index (χ0n) is 23.8. The van der Waals surface area contributed by atoms with E-state index < -0.39 is 7.12 Å². The summed E-state index contributed by atoms with van der Waals surface area (Å²) in [5, 5.41) is 2.18. The molecule has 0 unspecified atom stereocenters. The maximum atomic E-state index is 6.32. The molecule has 2 heterocycles. The summed E-state index contributed by atoms with van der Waals surface area (Å²) in [5.41, 5.74) is 7.50. The molecule has 1 aromatic heterocycles. The first-order valence-corrected chi connectivity index (χ1v) is 14.1. The first kappa shape index (κ1) is 25.6. The molecule has 0 spiro atoms. The summed E-state index contributed by atoms with van der Waals surface area (Å²) in [6.45, 7) is 8.33. The SMILES string of the molecule is CC1(C)OB(c2ccc(N(c3ccc(-c4ccccc4)cc3)c3cccc4oc5ccccc5c34)cc2)OC1(C)C. The van der Waals surface area contributed by atoms with Crippen LogP contribution in [0.1, 0.15) is 27.7 Å². The standard InChI is InChI=1S/C36H32BNO3/c1-35(2)36(3,4)41-37(40-35)27-19-23-29(24-20-27)38(28-21-17-26(18-22-28)25-11-6-5-7-12-25)31-14-10-16-33-34(31)30-13-8-9-15-32(30)39-33/h5-24H,1-4H3. The van der Waals surface area contributed by atoms with E-state index in [0.717, 1.165) is 44.5 Å². The quantitative estimate of drug-likeness (QED) is 0.206. The van der Waals surface area contributed by atoms with Crippen LogP contribution < -0.4 is 10.4 Å². The number of nitrogens with zero attached hydrogens (tertiary/aromatic N) is 1. The number of furan rings is 1. The molecule has 1 aliphatic rings. The highest BCUT2D eigenvalue weighted by Gasteiger charge is 2.51. The second kappa shape index (κ2) is 9.65. The van der Waals surface area contributed by atoms with Gasteiger partial charge >= 0.3 is 7.12 Å². The summed E-state index contributed by atoms with van der Waals surface area (Å²) in [6.07, 6.45) is 0. The fourth-order valence-electron chi connectivity index (χ4n) is 5.56. The first-order chi connectivity index (χ1) is 19.8. The lowest BCUT2D eigenvalue weighted by molar-refractivity contribution is 0.00578. The molecule has 0 aliphatic carbocycles. The average molecular weight is 537 g/mol. The molecule has 4 nitrogen and oxygen atoms in total. The monoisotopic (exact) mass is 537 g/mol. The predicted octanol–water partition coefficient (Wildman–Crippen LogP) is 9.02. The van der Waals surface area contributed by atoms with Gasteiger partial charge in [-0.2, -0.15) is 0 Å². The van der Waals surface area contributed by atoms with E-state index in [9.17, 15) is 0 Å². The Morgan fingerprint density at radius 3 is 1.78 bits per heavy atom. The van der Waals surface area contributed by atoms with Crippen LogP contribution >= 0.6 is 0 Å². The van der Waals surface area contributed by atoms with Gasteiger partial charge in [0.05, 0.1) is 22.3 Å². The van der Waals surface area contributed by atoms with Crippen molar-refractivity contribution in [2.45, 2.75) is 38.9 Å². The van der Waals surface area contributed by atoms with Crippen molar-refractivity contribution in [1.82, 2.24) is 0 Å². The van der Waals surface area contributed by atoms with Crippen LogP contribution in [0.5, 0.6) is 0 Å². The van der Waals surface area contributed by atoms with Gasteiger partial charge in [0.1, 0.15) is 11.2 Å². The van der Waals surface area contributed by atoms with Crippen molar-refractivity contribution in [3.8, 4) is 11.1 Å². The molecule has 41 heavy (non-hydrogen) atoms. The van der Waals surface area contributed by atoms with Crippen LogP contribution in [0.15, 0.2) is 126 Å². The maximum absolute atomic E-state index is 6.32. The summed E-state index contributed by atoms with van der Waals surface area (Å²) in [4.78, 5) is 2.30. The number of rotatable bonds is 5. The zero-order chi connectivity index (χ0) is 28.2. The van der Waals surface area contributed by atoms with Crippen LogP contribution in [0.4, 0.5) is 17.1 Å². The summed E-state index contributed by atoms with van der Waals surface area (Å²) >= 11 is 0. The van der Waals surface area contributed by atoms with Gasteiger partial charge in [-0.25, -0.2) is 0 Å². The predicted molar refractivity (Wildman–Crippen MR) is 170 cm³/mol. The Hall–Kier alpha value is -4.32. The Morgan fingerprint density at radius 1 is 0.537 bits per heavy atom. The summed E-state index contributed by atoms with van der Waals surface area (Å²) < 4.78 is 18.9. The highest BCUT2D eigenvalue weighted by Crippen LogP contribution is 2.43. The number of hydrogen-bond donors (Lipinski definition) is 0. The van der Waals surface area contributed by atoms with Crippen LogP contribution in [0, 0.1) is 0 Å². The molecule has 1 saturated heterocycles. The van der Waals surface area contributed by atoms with Crippen molar-refractivity contribution >= 4 is 51.6 Å². The van der Waals surface area contributed by atoms with E-state index in [2.05, 4.69) is 130 Å². The normalized spacial score (nSPS) is 16.0. The summed E-state index contributed by atoms with van der Waals surface area (Å²) in [7, 11) is -0.408. The number of para-hydroxylation sites is 1. The molecule has 202 valence electrons. The smallest absolute Gasteiger partial charge is 0.456 e. The average Bonchev–Trinajstić information content (AvgIpc) is 3.47. The third-order valence-corrected chi connectivity index (χ3v) is 8.53. The van der Waals surface area contributed by atoms with Gasteiger partial charge in [0, 0.05) is 16.8 Å². The van der Waals surface area contributed by atoms with Crippen LogP contribution in [0.25, 0.3) is 33.1 Å². The van der Waals surface area contributed by atoms with Gasteiger partial charge in [0.2, 0.25) is 0 Å². The van der Waals surface area contributed by atoms with E-state index >= 15 is 0 Å². The van der Waals surface area contributed by atoms with Crippen molar-refractivity contribution in [1.29, 1.82) is 0 Å². The highest BCUT2D eigenvalue weighted by molar-refractivity contribution is 6.62. The van der Waals surface area contributed by atoms with Gasteiger partial charge in [0.15, 0.2) is 0 Å². The van der Waals surface area contributed by atoms with Gasteiger partial charge in [-0.3, -0.25) is 0 Å². The van der Waals surface area contributed by atoms with Crippen molar-refractivity contribution in [2.24, 2.45) is 0 Å². The van der Waals surface area contributed by atoms with E-state index in [-0.39, 0.29) is 11.2 Å². The maximum Gasteiger partial charge on any atom is 0.494 e. The molecular formula is C36H32BNO3. The van der Waals surface area contributed by atoms with E-state index in [4.69, 9.17) is 13.7 Å². The molecule has 0 amide bonds. The molecule has 1 fully saturated rings. The second-order valence-corrected chi connectivity index (χ2v) is 11.7. The molecule has 6 aromatic rings. The number of hydrogen-bond acceptors (Lipinski definition) is 4. The lowest BCUT2D eigenvalue weighted by Gasteiger charge is -2.32. The van der Waals surface area contributed by atoms with Gasteiger partial charge in [-0.05, 0) is 86.7 Å². The van der Waals surface area contributed by atoms with Gasteiger partial charge in [-0.15, -0.1) is 0 Å². The fraction of sp³-hybridized carbons (Fsp3) is 0.167. The van der Waals surface area contributed by atoms with Crippen LogP contribution in [-0.2, 0) is 9.31 Å². The molecule has 0 saturated carbocycles. The van der Waals surface area contributed by atoms with Gasteiger partial charge in [-0.1, -0.05) is 78.9 Å². The van der Waals surface area contributed by atoms with E-state index in [1.165, 1.54) is 11.1 Å². The van der Waals surface area contributed by atoms with Crippen molar-refractivity contribution < 1.29 is 13.7 Å². The lowest BCUT2D eigenvalue weighted by Crippen LogP contribution is -2.41. The zero-order valence-corrected chi connectivity index (χ0v) is 23.8. The van der Waals surface area contributed by atoms with Gasteiger partial charge < -0.3 is 18.6 Å². The largest absolute Gasteiger partial charge is 0.494 e. The minimum Gasteiger partial charge on any atom is -0.456 e. The Morgan fingerprint density at radius 2 is 1.10 bits per heavy atom. The lowest BCUT2D eigenvalue weighted by atomic mass is 9.79. The molecule has 5 aromatic carbocycles. The third-order valence-electron chi connectivity index (χ3n) is 8.53. The second-order valence-electron chi connectivity index (χ2n) is 11.7. The number of fused-ring (bicyclic) bond motifs is 3.